The number of carbonyl (C=O) groups excluding carboxylic acids is 1. The lowest BCUT2D eigenvalue weighted by Gasteiger charge is -2.37. The monoisotopic (exact) mass is 290 g/mol. The first-order chi connectivity index (χ1) is 9.58. The van der Waals surface area contributed by atoms with E-state index in [9.17, 15) is 9.90 Å². The van der Waals surface area contributed by atoms with Crippen LogP contribution in [0.4, 0.5) is 0 Å². The summed E-state index contributed by atoms with van der Waals surface area (Å²) in [6.45, 7) is 2.09. The van der Waals surface area contributed by atoms with Gasteiger partial charge in [0.05, 0.1) is 17.4 Å². The van der Waals surface area contributed by atoms with E-state index >= 15 is 0 Å². The minimum absolute atomic E-state index is 0.0980. The Morgan fingerprint density at radius 2 is 2.20 bits per heavy atom. The molecule has 1 heterocycles. The zero-order chi connectivity index (χ0) is 14.3. The summed E-state index contributed by atoms with van der Waals surface area (Å²) in [5.41, 5.74) is 2.34. The third-order valence-electron chi connectivity index (χ3n) is 4.11. The summed E-state index contributed by atoms with van der Waals surface area (Å²) in [7, 11) is 0. The highest BCUT2D eigenvalue weighted by atomic mass is 32.2. The number of benzene rings is 1. The Morgan fingerprint density at radius 3 is 2.90 bits per heavy atom. The van der Waals surface area contributed by atoms with Gasteiger partial charge in [-0.05, 0) is 30.9 Å². The second kappa shape index (κ2) is 5.22. The molecule has 1 unspecified atom stereocenters. The molecular weight excluding hydrogens is 272 g/mol. The van der Waals surface area contributed by atoms with Crippen LogP contribution >= 0.6 is 11.8 Å². The second-order valence-corrected chi connectivity index (χ2v) is 6.62. The highest BCUT2D eigenvalue weighted by Gasteiger charge is 2.40. The molecule has 1 aromatic rings. The molecule has 3 atom stereocenters. The molecular formula is C15H18N2O2S. The van der Waals surface area contributed by atoms with Crippen molar-refractivity contribution in [2.24, 2.45) is 0 Å². The Balaban J connectivity index is 1.93. The van der Waals surface area contributed by atoms with Gasteiger partial charge in [-0.25, -0.2) is 0 Å². The van der Waals surface area contributed by atoms with Crippen molar-refractivity contribution < 1.29 is 9.90 Å². The molecule has 1 saturated heterocycles. The van der Waals surface area contributed by atoms with Crippen LogP contribution in [0.3, 0.4) is 0 Å². The number of hydrogen-bond acceptors (Lipinski definition) is 4. The Hall–Kier alpha value is -1.33. The molecule has 20 heavy (non-hydrogen) atoms. The third kappa shape index (κ3) is 2.25. The van der Waals surface area contributed by atoms with Crippen molar-refractivity contribution in [1.82, 2.24) is 4.90 Å². The maximum Gasteiger partial charge on any atom is 0.157 e. The Morgan fingerprint density at radius 1 is 1.45 bits per heavy atom. The molecule has 0 amide bonds. The molecule has 1 fully saturated rings. The molecule has 4 nitrogen and oxygen atoms in total. The molecule has 2 aliphatic rings. The average molecular weight is 290 g/mol. The van der Waals surface area contributed by atoms with Crippen LogP contribution in [0.5, 0.6) is 0 Å². The van der Waals surface area contributed by atoms with Crippen molar-refractivity contribution in [1.29, 1.82) is 5.41 Å². The number of aliphatic hydroxyl groups excluding tert-OH is 1. The predicted molar refractivity (Wildman–Crippen MR) is 80.0 cm³/mol. The van der Waals surface area contributed by atoms with Gasteiger partial charge in [-0.15, -0.1) is 0 Å². The number of fused-ring (bicyclic) bond motifs is 1. The van der Waals surface area contributed by atoms with E-state index in [4.69, 9.17) is 5.41 Å². The summed E-state index contributed by atoms with van der Waals surface area (Å²) in [4.78, 5) is 13.4. The van der Waals surface area contributed by atoms with E-state index in [1.165, 1.54) is 17.3 Å². The zero-order valence-electron chi connectivity index (χ0n) is 11.4. The number of thioether (sulfide) groups is 1. The standard InChI is InChI=1S/C15H18N2O2S/c1-9(18)13-8-17(15(16)20-13)14-11-5-3-2-4-10(11)6-7-12(14)19/h2-5,12-14,16,19H,6-8H2,1H3/t12-,13?,14-/m1/s1. The first-order valence-corrected chi connectivity index (χ1v) is 7.74. The molecule has 1 aliphatic heterocycles. The number of carbonyl (C=O) groups is 1. The molecule has 3 rings (SSSR count). The number of Topliss-reactive ketones (excluding diaryl/α,β-unsaturated/α-hetero) is 1. The molecule has 1 aliphatic carbocycles. The molecule has 0 aromatic heterocycles. The number of amidine groups is 1. The van der Waals surface area contributed by atoms with Crippen molar-refractivity contribution in [2.75, 3.05) is 6.54 Å². The molecule has 0 saturated carbocycles. The SMILES string of the molecule is CC(=O)C1CN([C@@H]2c3ccccc3CC[C@H]2O)C(=N)S1. The third-order valence-corrected chi connectivity index (χ3v) is 5.34. The molecule has 2 N–H and O–H groups in total. The van der Waals surface area contributed by atoms with Crippen LogP contribution in [0.25, 0.3) is 0 Å². The topological polar surface area (TPSA) is 64.4 Å². The van der Waals surface area contributed by atoms with Gasteiger partial charge in [-0.3, -0.25) is 10.2 Å². The van der Waals surface area contributed by atoms with Gasteiger partial charge in [0.1, 0.15) is 5.78 Å². The van der Waals surface area contributed by atoms with E-state index in [2.05, 4.69) is 6.07 Å². The summed E-state index contributed by atoms with van der Waals surface area (Å²) in [5, 5.41) is 18.7. The van der Waals surface area contributed by atoms with Gasteiger partial charge in [0.2, 0.25) is 0 Å². The second-order valence-electron chi connectivity index (χ2n) is 5.42. The normalized spacial score (nSPS) is 29.4. The molecule has 5 heteroatoms. The van der Waals surface area contributed by atoms with Crippen molar-refractivity contribution >= 4 is 22.7 Å². The van der Waals surface area contributed by atoms with Crippen LogP contribution in [0, 0.1) is 5.41 Å². The number of aliphatic hydroxyl groups is 1. The van der Waals surface area contributed by atoms with Gasteiger partial charge in [0.25, 0.3) is 0 Å². The Bertz CT molecular complexity index is 561. The maximum absolute atomic E-state index is 11.5. The van der Waals surface area contributed by atoms with E-state index in [-0.39, 0.29) is 17.1 Å². The highest BCUT2D eigenvalue weighted by molar-refractivity contribution is 8.15. The van der Waals surface area contributed by atoms with Gasteiger partial charge >= 0.3 is 0 Å². The van der Waals surface area contributed by atoms with E-state index in [1.54, 1.807) is 6.92 Å². The summed E-state index contributed by atoms with van der Waals surface area (Å²) >= 11 is 1.30. The van der Waals surface area contributed by atoms with E-state index in [0.29, 0.717) is 18.1 Å². The van der Waals surface area contributed by atoms with E-state index in [1.807, 2.05) is 23.1 Å². The predicted octanol–water partition coefficient (Wildman–Crippen LogP) is 1.98. The van der Waals surface area contributed by atoms with E-state index in [0.717, 1.165) is 12.0 Å². The van der Waals surface area contributed by atoms with Gasteiger partial charge in [0, 0.05) is 6.54 Å². The van der Waals surface area contributed by atoms with Crippen LogP contribution in [0.2, 0.25) is 0 Å². The van der Waals surface area contributed by atoms with Gasteiger partial charge in [0.15, 0.2) is 5.17 Å². The van der Waals surface area contributed by atoms with Crippen molar-refractivity contribution in [2.45, 2.75) is 37.2 Å². The first-order valence-electron chi connectivity index (χ1n) is 6.86. The van der Waals surface area contributed by atoms with Crippen molar-refractivity contribution in [3.8, 4) is 0 Å². The molecule has 0 bridgehead atoms. The van der Waals surface area contributed by atoms with Crippen LogP contribution < -0.4 is 0 Å². The van der Waals surface area contributed by atoms with Crippen LogP contribution in [-0.4, -0.2) is 38.9 Å². The number of hydrogen-bond donors (Lipinski definition) is 2. The Labute approximate surface area is 122 Å². The van der Waals surface area contributed by atoms with Gasteiger partial charge < -0.3 is 10.0 Å². The minimum Gasteiger partial charge on any atom is -0.391 e. The van der Waals surface area contributed by atoms with Crippen molar-refractivity contribution in [3.05, 3.63) is 35.4 Å². The average Bonchev–Trinajstić information content (AvgIpc) is 2.81. The fourth-order valence-corrected chi connectivity index (χ4v) is 4.04. The van der Waals surface area contributed by atoms with Gasteiger partial charge in [-0.2, -0.15) is 0 Å². The quantitative estimate of drug-likeness (QED) is 0.874. The maximum atomic E-state index is 11.5. The lowest BCUT2D eigenvalue weighted by Crippen LogP contribution is -2.41. The molecule has 1 aromatic carbocycles. The number of aryl methyl sites for hydroxylation is 1. The summed E-state index contributed by atoms with van der Waals surface area (Å²) in [6.07, 6.45) is 1.11. The van der Waals surface area contributed by atoms with Crippen LogP contribution in [0.15, 0.2) is 24.3 Å². The number of rotatable bonds is 2. The van der Waals surface area contributed by atoms with Crippen LogP contribution in [-0.2, 0) is 11.2 Å². The summed E-state index contributed by atoms with van der Waals surface area (Å²) in [6, 6.07) is 7.91. The van der Waals surface area contributed by atoms with E-state index < -0.39 is 6.10 Å². The smallest absolute Gasteiger partial charge is 0.157 e. The van der Waals surface area contributed by atoms with Crippen molar-refractivity contribution in [3.63, 3.8) is 0 Å². The lowest BCUT2D eigenvalue weighted by molar-refractivity contribution is -0.116. The molecule has 106 valence electrons. The molecule has 0 spiro atoms. The zero-order valence-corrected chi connectivity index (χ0v) is 12.2. The fourth-order valence-electron chi connectivity index (χ4n) is 3.05. The first kappa shape index (κ1) is 13.6. The van der Waals surface area contributed by atoms with Gasteiger partial charge in [-0.1, -0.05) is 36.0 Å². The summed E-state index contributed by atoms with van der Waals surface area (Å²) in [5.74, 6) is 0.0980. The summed E-state index contributed by atoms with van der Waals surface area (Å²) < 4.78 is 0. The Kier molecular flexibility index (Phi) is 3.56. The number of nitrogens with one attached hydrogen (secondary N) is 1. The minimum atomic E-state index is -0.475. The molecule has 0 radical (unpaired) electrons. The lowest BCUT2D eigenvalue weighted by atomic mass is 9.85. The largest absolute Gasteiger partial charge is 0.391 e. The number of nitrogens with zero attached hydrogens (tertiary/aromatic N) is 1. The van der Waals surface area contributed by atoms with Crippen LogP contribution in [0.1, 0.15) is 30.5 Å². The fraction of sp³-hybridized carbons (Fsp3) is 0.467. The highest BCUT2D eigenvalue weighted by Crippen LogP contribution is 2.39. The number of ketones is 1.